The number of nitriles is 1. The lowest BCUT2D eigenvalue weighted by atomic mass is 10.1. The third-order valence-corrected chi connectivity index (χ3v) is 2.10. The number of aryl methyl sites for hydroxylation is 1. The van der Waals surface area contributed by atoms with E-state index in [0.717, 1.165) is 17.7 Å². The van der Waals surface area contributed by atoms with Crippen molar-refractivity contribution in [1.29, 1.82) is 5.26 Å². The standard InChI is InChI=1S/C10H9NO2/c1-2-7-3-9-10(13-6-12-9)4-8(7)5-11/h3-4H,2,6H2,1H3. The Hall–Kier alpha value is -1.69. The first-order valence-electron chi connectivity index (χ1n) is 4.17. The average molecular weight is 175 g/mol. The van der Waals surface area contributed by atoms with Crippen LogP contribution in [0.3, 0.4) is 0 Å². The maximum absolute atomic E-state index is 8.83. The topological polar surface area (TPSA) is 42.2 Å². The Bertz CT molecular complexity index is 379. The van der Waals surface area contributed by atoms with Crippen LogP contribution in [0.15, 0.2) is 12.1 Å². The summed E-state index contributed by atoms with van der Waals surface area (Å²) < 4.78 is 10.4. The zero-order chi connectivity index (χ0) is 9.26. The fourth-order valence-electron chi connectivity index (χ4n) is 1.38. The van der Waals surface area contributed by atoms with Crippen LogP contribution in [0.2, 0.25) is 0 Å². The van der Waals surface area contributed by atoms with E-state index >= 15 is 0 Å². The zero-order valence-corrected chi connectivity index (χ0v) is 7.33. The highest BCUT2D eigenvalue weighted by Gasteiger charge is 2.15. The zero-order valence-electron chi connectivity index (χ0n) is 7.33. The number of hydrogen-bond donors (Lipinski definition) is 0. The van der Waals surface area contributed by atoms with Crippen molar-refractivity contribution >= 4 is 0 Å². The number of nitrogens with zero attached hydrogens (tertiary/aromatic N) is 1. The Balaban J connectivity index is 2.55. The van der Waals surface area contributed by atoms with Gasteiger partial charge in [-0.05, 0) is 18.1 Å². The van der Waals surface area contributed by atoms with E-state index in [1.54, 1.807) is 6.07 Å². The second-order valence-corrected chi connectivity index (χ2v) is 2.83. The summed E-state index contributed by atoms with van der Waals surface area (Å²) in [5.74, 6) is 1.42. The lowest BCUT2D eigenvalue weighted by Gasteiger charge is -2.01. The van der Waals surface area contributed by atoms with Gasteiger partial charge in [-0.1, -0.05) is 6.92 Å². The van der Waals surface area contributed by atoms with Crippen LogP contribution in [0.5, 0.6) is 11.5 Å². The molecule has 0 unspecified atom stereocenters. The molecule has 0 aromatic heterocycles. The number of rotatable bonds is 1. The molecule has 1 aromatic carbocycles. The van der Waals surface area contributed by atoms with Gasteiger partial charge in [-0.15, -0.1) is 0 Å². The van der Waals surface area contributed by atoms with Crippen LogP contribution in [-0.4, -0.2) is 6.79 Å². The van der Waals surface area contributed by atoms with Crippen LogP contribution >= 0.6 is 0 Å². The third kappa shape index (κ3) is 1.20. The van der Waals surface area contributed by atoms with E-state index in [-0.39, 0.29) is 6.79 Å². The van der Waals surface area contributed by atoms with Gasteiger partial charge in [0.05, 0.1) is 11.6 Å². The minimum atomic E-state index is 0.257. The SMILES string of the molecule is CCc1cc2c(cc1C#N)OCO2. The Morgan fingerprint density at radius 1 is 1.38 bits per heavy atom. The Morgan fingerprint density at radius 2 is 2.08 bits per heavy atom. The molecule has 1 aliphatic heterocycles. The molecule has 3 nitrogen and oxygen atoms in total. The van der Waals surface area contributed by atoms with Crippen LogP contribution in [0.1, 0.15) is 18.1 Å². The molecule has 2 rings (SSSR count). The molecule has 0 atom stereocenters. The Labute approximate surface area is 76.5 Å². The summed E-state index contributed by atoms with van der Waals surface area (Å²) in [5, 5.41) is 8.83. The number of benzene rings is 1. The molecule has 0 saturated heterocycles. The molecule has 0 radical (unpaired) electrons. The molecular weight excluding hydrogens is 166 g/mol. The molecule has 1 aliphatic rings. The molecule has 0 N–H and O–H groups in total. The predicted octanol–water partition coefficient (Wildman–Crippen LogP) is 1.85. The summed E-state index contributed by atoms with van der Waals surface area (Å²) in [6, 6.07) is 5.75. The second-order valence-electron chi connectivity index (χ2n) is 2.83. The van der Waals surface area contributed by atoms with Gasteiger partial charge in [0.25, 0.3) is 0 Å². The normalized spacial score (nSPS) is 12.6. The molecule has 0 spiro atoms. The third-order valence-electron chi connectivity index (χ3n) is 2.10. The van der Waals surface area contributed by atoms with Gasteiger partial charge < -0.3 is 9.47 Å². The van der Waals surface area contributed by atoms with Crippen molar-refractivity contribution in [3.05, 3.63) is 23.3 Å². The van der Waals surface area contributed by atoms with Crippen molar-refractivity contribution in [3.63, 3.8) is 0 Å². The van der Waals surface area contributed by atoms with Crippen LogP contribution < -0.4 is 9.47 Å². The summed E-state index contributed by atoms with van der Waals surface area (Å²) in [7, 11) is 0. The van der Waals surface area contributed by atoms with Crippen LogP contribution in [0.25, 0.3) is 0 Å². The van der Waals surface area contributed by atoms with Gasteiger partial charge >= 0.3 is 0 Å². The molecule has 0 fully saturated rings. The van der Waals surface area contributed by atoms with E-state index in [1.165, 1.54) is 0 Å². The molecule has 66 valence electrons. The van der Waals surface area contributed by atoms with Crippen molar-refractivity contribution in [2.45, 2.75) is 13.3 Å². The summed E-state index contributed by atoms with van der Waals surface area (Å²) in [6.07, 6.45) is 0.833. The van der Waals surface area contributed by atoms with Crippen molar-refractivity contribution in [2.24, 2.45) is 0 Å². The molecular formula is C10H9NO2. The minimum Gasteiger partial charge on any atom is -0.454 e. The van der Waals surface area contributed by atoms with E-state index in [4.69, 9.17) is 14.7 Å². The van der Waals surface area contributed by atoms with Gasteiger partial charge in [0.1, 0.15) is 0 Å². The van der Waals surface area contributed by atoms with E-state index < -0.39 is 0 Å². The highest BCUT2D eigenvalue weighted by molar-refractivity contribution is 5.52. The smallest absolute Gasteiger partial charge is 0.231 e. The highest BCUT2D eigenvalue weighted by Crippen LogP contribution is 2.34. The van der Waals surface area contributed by atoms with Gasteiger partial charge in [0, 0.05) is 6.07 Å². The lowest BCUT2D eigenvalue weighted by molar-refractivity contribution is 0.174. The largest absolute Gasteiger partial charge is 0.454 e. The van der Waals surface area contributed by atoms with Crippen LogP contribution in [0, 0.1) is 11.3 Å². The molecule has 1 aromatic rings. The molecule has 0 amide bonds. The Morgan fingerprint density at radius 3 is 2.69 bits per heavy atom. The van der Waals surface area contributed by atoms with E-state index in [9.17, 15) is 0 Å². The monoisotopic (exact) mass is 175 g/mol. The molecule has 0 bridgehead atoms. The average Bonchev–Trinajstić information content (AvgIpc) is 2.62. The predicted molar refractivity (Wildman–Crippen MR) is 46.7 cm³/mol. The van der Waals surface area contributed by atoms with Gasteiger partial charge in [-0.25, -0.2) is 0 Å². The molecule has 3 heteroatoms. The summed E-state index contributed by atoms with van der Waals surface area (Å²) in [6.45, 7) is 2.27. The Kier molecular flexibility index (Phi) is 1.82. The molecule has 13 heavy (non-hydrogen) atoms. The fourth-order valence-corrected chi connectivity index (χ4v) is 1.38. The molecule has 1 heterocycles. The summed E-state index contributed by atoms with van der Waals surface area (Å²) in [5.41, 5.74) is 1.68. The molecule has 0 aliphatic carbocycles. The summed E-state index contributed by atoms with van der Waals surface area (Å²) in [4.78, 5) is 0. The van der Waals surface area contributed by atoms with Crippen LogP contribution in [-0.2, 0) is 6.42 Å². The number of fused-ring (bicyclic) bond motifs is 1. The maximum Gasteiger partial charge on any atom is 0.231 e. The van der Waals surface area contributed by atoms with Gasteiger partial charge in [-0.2, -0.15) is 5.26 Å². The van der Waals surface area contributed by atoms with Gasteiger partial charge in [0.2, 0.25) is 6.79 Å². The first-order valence-corrected chi connectivity index (χ1v) is 4.17. The van der Waals surface area contributed by atoms with Gasteiger partial charge in [-0.3, -0.25) is 0 Å². The van der Waals surface area contributed by atoms with Crippen molar-refractivity contribution in [3.8, 4) is 17.6 Å². The van der Waals surface area contributed by atoms with Crippen molar-refractivity contribution in [1.82, 2.24) is 0 Å². The fraction of sp³-hybridized carbons (Fsp3) is 0.300. The summed E-state index contributed by atoms with van der Waals surface area (Å²) >= 11 is 0. The number of hydrogen-bond acceptors (Lipinski definition) is 3. The van der Waals surface area contributed by atoms with E-state index in [0.29, 0.717) is 11.3 Å². The van der Waals surface area contributed by atoms with E-state index in [1.807, 2.05) is 13.0 Å². The second kappa shape index (κ2) is 2.98. The quantitative estimate of drug-likeness (QED) is 0.654. The van der Waals surface area contributed by atoms with Crippen molar-refractivity contribution in [2.75, 3.05) is 6.79 Å². The maximum atomic E-state index is 8.83. The van der Waals surface area contributed by atoms with E-state index in [2.05, 4.69) is 6.07 Å². The van der Waals surface area contributed by atoms with Crippen LogP contribution in [0.4, 0.5) is 0 Å². The first-order chi connectivity index (χ1) is 6.35. The lowest BCUT2D eigenvalue weighted by Crippen LogP contribution is -1.92. The minimum absolute atomic E-state index is 0.257. The molecule has 0 saturated carbocycles. The van der Waals surface area contributed by atoms with Crippen molar-refractivity contribution < 1.29 is 9.47 Å². The first kappa shape index (κ1) is 7.93. The highest BCUT2D eigenvalue weighted by atomic mass is 16.7. The number of ether oxygens (including phenoxy) is 2. The van der Waals surface area contributed by atoms with Gasteiger partial charge in [0.15, 0.2) is 11.5 Å².